The summed E-state index contributed by atoms with van der Waals surface area (Å²) in [6, 6.07) is 12.0. The highest BCUT2D eigenvalue weighted by molar-refractivity contribution is 4.99. The fraction of sp³-hybridized carbons (Fsp3) is 0.500. The van der Waals surface area contributed by atoms with Gasteiger partial charge in [-0.2, -0.15) is 0 Å². The number of aliphatic hydroxyl groups is 1. The molecule has 1 heteroatoms. The molecule has 0 saturated carbocycles. The van der Waals surface area contributed by atoms with Crippen LogP contribution in [-0.4, -0.2) is 11.2 Å². The molecule has 0 aliphatic rings. The van der Waals surface area contributed by atoms with Crippen LogP contribution in [0.4, 0.5) is 0 Å². The zero-order valence-electron chi connectivity index (χ0n) is 8.61. The molecule has 1 aromatic rings. The Kier molecular flexibility index (Phi) is 8.68. The molecule has 1 N–H and O–H groups in total. The molecule has 74 valence electrons. The third-order valence-corrected chi connectivity index (χ3v) is 1.64. The van der Waals surface area contributed by atoms with Crippen LogP contribution in [-0.2, 0) is 0 Å². The first-order valence-corrected chi connectivity index (χ1v) is 4.95. The summed E-state index contributed by atoms with van der Waals surface area (Å²) in [6.07, 6.45) is 3.19. The van der Waals surface area contributed by atoms with Crippen LogP contribution in [0.1, 0.15) is 33.1 Å². The monoisotopic (exact) mass is 180 g/mol. The Bertz CT molecular complexity index is 143. The minimum atomic E-state index is -0.0973. The molecule has 13 heavy (non-hydrogen) atoms. The first-order chi connectivity index (χ1) is 6.27. The summed E-state index contributed by atoms with van der Waals surface area (Å²) >= 11 is 0. The maximum atomic E-state index is 8.68. The van der Waals surface area contributed by atoms with E-state index in [1.807, 2.05) is 43.3 Å². The van der Waals surface area contributed by atoms with Crippen molar-refractivity contribution in [1.29, 1.82) is 0 Å². The van der Waals surface area contributed by atoms with E-state index in [-0.39, 0.29) is 6.10 Å². The predicted molar refractivity (Wildman–Crippen MR) is 57.6 cm³/mol. The van der Waals surface area contributed by atoms with E-state index in [1.54, 1.807) is 0 Å². The van der Waals surface area contributed by atoms with Gasteiger partial charge in [0.2, 0.25) is 0 Å². The maximum Gasteiger partial charge on any atom is 0.0512 e. The first-order valence-electron chi connectivity index (χ1n) is 4.95. The van der Waals surface area contributed by atoms with E-state index in [2.05, 4.69) is 6.92 Å². The molecule has 0 heterocycles. The summed E-state index contributed by atoms with van der Waals surface area (Å²) in [5, 5.41) is 8.68. The molecule has 0 radical (unpaired) electrons. The van der Waals surface area contributed by atoms with Gasteiger partial charge in [0.15, 0.2) is 0 Å². The largest absolute Gasteiger partial charge is 0.393 e. The highest BCUT2D eigenvalue weighted by Crippen LogP contribution is 1.97. The Morgan fingerprint density at radius 2 is 1.38 bits per heavy atom. The summed E-state index contributed by atoms with van der Waals surface area (Å²) in [5.41, 5.74) is 0. The highest BCUT2D eigenvalue weighted by Gasteiger charge is 1.90. The van der Waals surface area contributed by atoms with Crippen molar-refractivity contribution in [3.05, 3.63) is 36.4 Å². The quantitative estimate of drug-likeness (QED) is 0.757. The van der Waals surface area contributed by atoms with Gasteiger partial charge in [-0.1, -0.05) is 56.2 Å². The Labute approximate surface area is 81.4 Å². The lowest BCUT2D eigenvalue weighted by Crippen LogP contribution is -1.97. The van der Waals surface area contributed by atoms with Gasteiger partial charge >= 0.3 is 0 Å². The number of benzene rings is 1. The fourth-order valence-corrected chi connectivity index (χ4v) is 0.884. The second-order valence-electron chi connectivity index (χ2n) is 3.15. The maximum absolute atomic E-state index is 8.68. The van der Waals surface area contributed by atoms with Gasteiger partial charge in [-0.3, -0.25) is 0 Å². The Hall–Kier alpha value is -0.820. The molecule has 0 aliphatic heterocycles. The van der Waals surface area contributed by atoms with E-state index in [0.717, 1.165) is 12.8 Å². The van der Waals surface area contributed by atoms with E-state index >= 15 is 0 Å². The Morgan fingerprint density at radius 1 is 1.00 bits per heavy atom. The molecule has 0 bridgehead atoms. The van der Waals surface area contributed by atoms with E-state index in [0.29, 0.717) is 0 Å². The van der Waals surface area contributed by atoms with Crippen molar-refractivity contribution < 1.29 is 5.11 Å². The summed E-state index contributed by atoms with van der Waals surface area (Å²) < 4.78 is 0. The van der Waals surface area contributed by atoms with Crippen LogP contribution in [0.5, 0.6) is 0 Å². The molecular formula is C12H20O. The Morgan fingerprint density at radius 3 is 1.54 bits per heavy atom. The average Bonchev–Trinajstić information content (AvgIpc) is 2.18. The van der Waals surface area contributed by atoms with Crippen LogP contribution in [0.2, 0.25) is 0 Å². The summed E-state index contributed by atoms with van der Waals surface area (Å²) in [7, 11) is 0. The van der Waals surface area contributed by atoms with Crippen LogP contribution in [0.15, 0.2) is 36.4 Å². The predicted octanol–water partition coefficient (Wildman–Crippen LogP) is 3.24. The van der Waals surface area contributed by atoms with E-state index in [1.165, 1.54) is 6.42 Å². The second-order valence-corrected chi connectivity index (χ2v) is 3.15. The third kappa shape index (κ3) is 11.2. The third-order valence-electron chi connectivity index (χ3n) is 1.64. The lowest BCUT2D eigenvalue weighted by atomic mass is 10.2. The number of unbranched alkanes of at least 4 members (excludes halogenated alkanes) is 1. The van der Waals surface area contributed by atoms with Crippen LogP contribution in [0.3, 0.4) is 0 Å². The van der Waals surface area contributed by atoms with Crippen molar-refractivity contribution in [1.82, 2.24) is 0 Å². The van der Waals surface area contributed by atoms with Gasteiger partial charge in [-0.15, -0.1) is 0 Å². The average molecular weight is 180 g/mol. The van der Waals surface area contributed by atoms with Crippen molar-refractivity contribution in [3.63, 3.8) is 0 Å². The normalized spacial score (nSPS) is 11.3. The number of rotatable bonds is 3. The zero-order valence-corrected chi connectivity index (χ0v) is 8.61. The smallest absolute Gasteiger partial charge is 0.0512 e. The summed E-state index contributed by atoms with van der Waals surface area (Å²) in [4.78, 5) is 0. The molecule has 0 aromatic heterocycles. The molecule has 1 aromatic carbocycles. The van der Waals surface area contributed by atoms with E-state index in [4.69, 9.17) is 5.11 Å². The number of hydrogen-bond donors (Lipinski definition) is 1. The Balaban J connectivity index is 0.000000223. The molecule has 0 fully saturated rings. The van der Waals surface area contributed by atoms with Crippen LogP contribution in [0, 0.1) is 0 Å². The molecule has 0 aliphatic carbocycles. The standard InChI is InChI=1S/C6H14O.C6H6/c1-3-4-5-6(2)7;1-2-4-6-5-3-1/h6-7H,3-5H2,1-2H3;1-6H. The fourth-order valence-electron chi connectivity index (χ4n) is 0.884. The van der Waals surface area contributed by atoms with E-state index in [9.17, 15) is 0 Å². The van der Waals surface area contributed by atoms with Crippen molar-refractivity contribution >= 4 is 0 Å². The first kappa shape index (κ1) is 12.2. The molecule has 1 rings (SSSR count). The molecule has 1 unspecified atom stereocenters. The van der Waals surface area contributed by atoms with Gasteiger partial charge in [-0.05, 0) is 13.3 Å². The summed E-state index contributed by atoms with van der Waals surface area (Å²) in [6.45, 7) is 3.96. The lowest BCUT2D eigenvalue weighted by molar-refractivity contribution is 0.181. The van der Waals surface area contributed by atoms with Gasteiger partial charge in [0.1, 0.15) is 0 Å². The highest BCUT2D eigenvalue weighted by atomic mass is 16.3. The molecule has 1 atom stereocenters. The van der Waals surface area contributed by atoms with E-state index < -0.39 is 0 Å². The zero-order chi connectivity index (χ0) is 9.94. The molecule has 0 spiro atoms. The lowest BCUT2D eigenvalue weighted by Gasteiger charge is -1.98. The van der Waals surface area contributed by atoms with Crippen LogP contribution < -0.4 is 0 Å². The molecule has 0 amide bonds. The topological polar surface area (TPSA) is 20.2 Å². The van der Waals surface area contributed by atoms with Gasteiger partial charge in [0.05, 0.1) is 6.10 Å². The van der Waals surface area contributed by atoms with Gasteiger partial charge in [0, 0.05) is 0 Å². The minimum Gasteiger partial charge on any atom is -0.393 e. The number of aliphatic hydroxyl groups excluding tert-OH is 1. The SMILES string of the molecule is CCCCC(C)O.c1ccccc1. The van der Waals surface area contributed by atoms with Gasteiger partial charge in [0.25, 0.3) is 0 Å². The van der Waals surface area contributed by atoms with Crippen molar-refractivity contribution in [2.75, 3.05) is 0 Å². The molecule has 1 nitrogen and oxygen atoms in total. The second kappa shape index (κ2) is 9.27. The number of hydrogen-bond acceptors (Lipinski definition) is 1. The van der Waals surface area contributed by atoms with Crippen molar-refractivity contribution in [3.8, 4) is 0 Å². The van der Waals surface area contributed by atoms with Crippen LogP contribution in [0.25, 0.3) is 0 Å². The minimum absolute atomic E-state index is 0.0973. The van der Waals surface area contributed by atoms with Crippen molar-refractivity contribution in [2.45, 2.75) is 39.2 Å². The molecular weight excluding hydrogens is 160 g/mol. The molecule has 0 saturated heterocycles. The van der Waals surface area contributed by atoms with Gasteiger partial charge < -0.3 is 5.11 Å². The van der Waals surface area contributed by atoms with Crippen LogP contribution >= 0.6 is 0 Å². The van der Waals surface area contributed by atoms with Crippen molar-refractivity contribution in [2.24, 2.45) is 0 Å². The van der Waals surface area contributed by atoms with Gasteiger partial charge in [-0.25, -0.2) is 0 Å². The summed E-state index contributed by atoms with van der Waals surface area (Å²) in [5.74, 6) is 0.